The van der Waals surface area contributed by atoms with E-state index in [1.54, 1.807) is 17.0 Å². The Morgan fingerprint density at radius 2 is 1.74 bits per heavy atom. The Hall–Kier alpha value is -4.01. The number of ether oxygens (including phenoxy) is 1. The zero-order valence-corrected chi connectivity index (χ0v) is 30.3. The molecule has 4 heterocycles. The number of nitrogens with one attached hydrogen (secondary N) is 1. The zero-order valence-electron chi connectivity index (χ0n) is 28.7. The van der Waals surface area contributed by atoms with E-state index >= 15 is 0 Å². The minimum atomic E-state index is -4.11. The number of carboxylic acid groups (broad SMARTS) is 1. The van der Waals surface area contributed by atoms with Crippen LogP contribution in [0.4, 0.5) is 16.3 Å². The molecule has 3 aliphatic rings. The molecule has 2 saturated heterocycles. The van der Waals surface area contributed by atoms with E-state index in [2.05, 4.69) is 10.3 Å². The highest BCUT2D eigenvalue weighted by molar-refractivity contribution is 7.89. The molecular formula is C36H45N5O7S2. The van der Waals surface area contributed by atoms with Crippen LogP contribution in [0.25, 0.3) is 10.4 Å². The van der Waals surface area contributed by atoms with E-state index in [4.69, 9.17) is 4.74 Å². The Kier molecular flexibility index (Phi) is 10.5. The van der Waals surface area contributed by atoms with Crippen molar-refractivity contribution in [2.24, 2.45) is 5.92 Å². The van der Waals surface area contributed by atoms with Crippen molar-refractivity contribution in [2.75, 3.05) is 36.0 Å². The molecule has 2 aromatic heterocycles. The number of aromatic nitrogens is 1. The lowest BCUT2D eigenvalue weighted by molar-refractivity contribution is -0.121. The van der Waals surface area contributed by atoms with E-state index in [9.17, 15) is 27.9 Å². The number of piperidine rings is 1. The van der Waals surface area contributed by atoms with Crippen molar-refractivity contribution in [3.8, 4) is 10.4 Å². The number of nitrogens with zero attached hydrogens (tertiary/aromatic N) is 4. The van der Waals surface area contributed by atoms with Crippen LogP contribution in [0, 0.1) is 5.92 Å². The Bertz CT molecular complexity index is 1800. The second kappa shape index (κ2) is 14.7. The Morgan fingerprint density at radius 3 is 2.40 bits per heavy atom. The van der Waals surface area contributed by atoms with E-state index < -0.39 is 46.2 Å². The first-order chi connectivity index (χ1) is 23.8. The van der Waals surface area contributed by atoms with Gasteiger partial charge in [-0.15, -0.1) is 11.3 Å². The summed E-state index contributed by atoms with van der Waals surface area (Å²) in [6.07, 6.45) is 7.13. The number of carbonyl (C=O) groups excluding carboxylic acids is 2. The minimum absolute atomic E-state index is 0.0153. The van der Waals surface area contributed by atoms with Crippen molar-refractivity contribution in [3.05, 3.63) is 59.6 Å². The summed E-state index contributed by atoms with van der Waals surface area (Å²) in [5, 5.41) is 13.1. The zero-order chi connectivity index (χ0) is 35.6. The third-order valence-corrected chi connectivity index (χ3v) is 12.5. The molecule has 6 rings (SSSR count). The fraction of sp³-hybridized carbons (Fsp3) is 0.500. The summed E-state index contributed by atoms with van der Waals surface area (Å²) in [5.74, 6) is -0.955. The Balaban J connectivity index is 1.22. The van der Waals surface area contributed by atoms with Crippen LogP contribution in [0.15, 0.2) is 59.6 Å². The lowest BCUT2D eigenvalue weighted by atomic mass is 9.82. The number of thiophene rings is 1. The van der Waals surface area contributed by atoms with Crippen LogP contribution in [0.1, 0.15) is 75.4 Å². The van der Waals surface area contributed by atoms with Crippen LogP contribution in [0.3, 0.4) is 0 Å². The first kappa shape index (κ1) is 35.8. The van der Waals surface area contributed by atoms with Crippen LogP contribution in [0.2, 0.25) is 0 Å². The van der Waals surface area contributed by atoms with Crippen molar-refractivity contribution >= 4 is 50.8 Å². The van der Waals surface area contributed by atoms with Gasteiger partial charge in [-0.05, 0) is 76.1 Å². The average Bonchev–Trinajstić information content (AvgIpc) is 3.53. The van der Waals surface area contributed by atoms with Crippen LogP contribution in [-0.2, 0) is 19.6 Å². The number of anilines is 2. The van der Waals surface area contributed by atoms with E-state index in [0.29, 0.717) is 24.6 Å². The van der Waals surface area contributed by atoms with Crippen LogP contribution in [0.5, 0.6) is 0 Å². The van der Waals surface area contributed by atoms with Gasteiger partial charge in [-0.25, -0.2) is 23.0 Å². The molecule has 14 heteroatoms. The monoisotopic (exact) mass is 723 g/mol. The third kappa shape index (κ3) is 7.97. The molecule has 12 nitrogen and oxygen atoms in total. The molecule has 3 aromatic rings. The van der Waals surface area contributed by atoms with Crippen molar-refractivity contribution in [2.45, 2.75) is 88.3 Å². The molecule has 50 heavy (non-hydrogen) atoms. The topological polar surface area (TPSA) is 149 Å². The molecule has 2 aliphatic heterocycles. The second-order valence-corrected chi connectivity index (χ2v) is 17.3. The summed E-state index contributed by atoms with van der Waals surface area (Å²) in [6.45, 7) is 6.29. The molecule has 2 amide bonds. The predicted octanol–water partition coefficient (Wildman–Crippen LogP) is 5.99. The standard InChI is InChI=1S/C36H45N5O7S2/c1-36(2,3)48-35(45)38-26-15-10-18-39(21-26)31-17-16-27(20-37-31)50(46,47)40-22-29(24-11-6-4-7-12-24)41(32(42)23-40)28-19-30(49-33(28)34(43)44)25-13-8-5-9-14-25/h5,8-9,13-14,16-17,19-20,24,26,29H,4,6-7,10-12,15,18,21-23H2,1-3H3,(H,38,45)(H,43,44)/t26-,29-/m0/s1. The maximum atomic E-state index is 14.1. The summed E-state index contributed by atoms with van der Waals surface area (Å²) in [5.41, 5.74) is 0.571. The lowest BCUT2D eigenvalue weighted by Gasteiger charge is -2.44. The SMILES string of the molecule is CC(C)(C)OC(=O)N[C@H]1CCCN(c2ccc(S(=O)(=O)N3CC(=O)N(c4cc(-c5ccccc5)sc4C(=O)O)[C@H](C4CCCCC4)C3)cn2)C1. The van der Waals surface area contributed by atoms with Gasteiger partial charge in [0, 0.05) is 36.8 Å². The fourth-order valence-electron chi connectivity index (χ4n) is 7.24. The number of piperazine rings is 1. The van der Waals surface area contributed by atoms with Crippen LogP contribution in [-0.4, -0.2) is 84.6 Å². The summed E-state index contributed by atoms with van der Waals surface area (Å²) >= 11 is 1.12. The van der Waals surface area contributed by atoms with Crippen LogP contribution >= 0.6 is 11.3 Å². The van der Waals surface area contributed by atoms with E-state index in [1.165, 1.54) is 16.6 Å². The van der Waals surface area contributed by atoms with Crippen molar-refractivity contribution in [1.82, 2.24) is 14.6 Å². The number of pyridine rings is 1. The summed E-state index contributed by atoms with van der Waals surface area (Å²) in [7, 11) is -4.11. The molecule has 1 aromatic carbocycles. The first-order valence-electron chi connectivity index (χ1n) is 17.3. The minimum Gasteiger partial charge on any atom is -0.477 e. The average molecular weight is 724 g/mol. The maximum Gasteiger partial charge on any atom is 0.407 e. The van der Waals surface area contributed by atoms with Crippen molar-refractivity contribution < 1.29 is 32.6 Å². The van der Waals surface area contributed by atoms with Gasteiger partial charge < -0.3 is 25.0 Å². The largest absolute Gasteiger partial charge is 0.477 e. The number of amides is 2. The number of hydrogen-bond donors (Lipinski definition) is 2. The first-order valence-corrected chi connectivity index (χ1v) is 19.5. The lowest BCUT2D eigenvalue weighted by Crippen LogP contribution is -2.60. The van der Waals surface area contributed by atoms with E-state index in [1.807, 2.05) is 56.0 Å². The molecule has 0 radical (unpaired) electrons. The van der Waals surface area contributed by atoms with Gasteiger partial charge in [-0.2, -0.15) is 4.31 Å². The number of carboxylic acids is 1. The summed E-state index contributed by atoms with van der Waals surface area (Å²) in [4.78, 5) is 47.8. The van der Waals surface area contributed by atoms with Gasteiger partial charge in [-0.1, -0.05) is 49.6 Å². The highest BCUT2D eigenvalue weighted by Gasteiger charge is 2.44. The van der Waals surface area contributed by atoms with Gasteiger partial charge in [0.1, 0.15) is 21.2 Å². The Morgan fingerprint density at radius 1 is 1.00 bits per heavy atom. The molecule has 2 N–H and O–H groups in total. The highest BCUT2D eigenvalue weighted by atomic mass is 32.2. The van der Waals surface area contributed by atoms with Gasteiger partial charge >= 0.3 is 12.1 Å². The number of carbonyl (C=O) groups is 3. The molecule has 1 aliphatic carbocycles. The van der Waals surface area contributed by atoms with Gasteiger partial charge in [0.05, 0.1) is 18.3 Å². The second-order valence-electron chi connectivity index (χ2n) is 14.3. The van der Waals surface area contributed by atoms with Gasteiger partial charge in [0.25, 0.3) is 0 Å². The molecule has 0 bridgehead atoms. The van der Waals surface area contributed by atoms with Gasteiger partial charge in [0.2, 0.25) is 15.9 Å². The summed E-state index contributed by atoms with van der Waals surface area (Å²) < 4.78 is 34.8. The number of sulfonamides is 1. The number of aromatic carboxylic acids is 1. The smallest absolute Gasteiger partial charge is 0.407 e. The number of hydrogen-bond acceptors (Lipinski definition) is 9. The molecule has 2 atom stereocenters. The van der Waals surface area contributed by atoms with Crippen molar-refractivity contribution in [3.63, 3.8) is 0 Å². The summed E-state index contributed by atoms with van der Waals surface area (Å²) in [6, 6.07) is 13.7. The number of benzene rings is 1. The van der Waals surface area contributed by atoms with Crippen LogP contribution < -0.4 is 15.1 Å². The molecule has 1 saturated carbocycles. The highest BCUT2D eigenvalue weighted by Crippen LogP contribution is 2.42. The fourth-order valence-corrected chi connectivity index (χ4v) is 9.59. The quantitative estimate of drug-likeness (QED) is 0.286. The molecule has 3 fully saturated rings. The molecule has 0 unspecified atom stereocenters. The molecular weight excluding hydrogens is 679 g/mol. The normalized spacial score (nSPS) is 21.2. The van der Waals surface area contributed by atoms with Gasteiger partial charge in [-0.3, -0.25) is 4.79 Å². The number of rotatable bonds is 8. The van der Waals surface area contributed by atoms with E-state index in [0.717, 1.165) is 66.7 Å². The van der Waals surface area contributed by atoms with E-state index in [-0.39, 0.29) is 28.3 Å². The molecule has 268 valence electrons. The third-order valence-electron chi connectivity index (χ3n) is 9.55. The Labute approximate surface area is 297 Å². The van der Waals surface area contributed by atoms with Crippen molar-refractivity contribution in [1.29, 1.82) is 0 Å². The molecule has 0 spiro atoms. The predicted molar refractivity (Wildman–Crippen MR) is 192 cm³/mol. The van der Waals surface area contributed by atoms with Gasteiger partial charge in [0.15, 0.2) is 0 Å². The number of alkyl carbamates (subject to hydrolysis) is 1. The maximum absolute atomic E-state index is 14.1.